The fourth-order valence-electron chi connectivity index (χ4n) is 2.10. The molecule has 1 heterocycles. The average Bonchev–Trinajstić information content (AvgIpc) is 2.36. The number of hydrogen-bond acceptors (Lipinski definition) is 4. The molecule has 1 fully saturated rings. The van der Waals surface area contributed by atoms with Gasteiger partial charge in [0.05, 0.1) is 13.2 Å². The zero-order valence-corrected chi connectivity index (χ0v) is 11.6. The van der Waals surface area contributed by atoms with E-state index < -0.39 is 0 Å². The topological polar surface area (TPSA) is 47.6 Å². The molecule has 0 saturated carbocycles. The molecule has 0 aliphatic carbocycles. The highest BCUT2D eigenvalue weighted by atomic mass is 16.5. The van der Waals surface area contributed by atoms with Gasteiger partial charge in [0, 0.05) is 12.0 Å². The van der Waals surface area contributed by atoms with Crippen LogP contribution in [-0.2, 0) is 0 Å². The van der Waals surface area contributed by atoms with E-state index in [9.17, 15) is 4.79 Å². The Bertz CT molecular complexity index is 441. The molecule has 1 aliphatic heterocycles. The largest absolute Gasteiger partial charge is 0.490 e. The van der Waals surface area contributed by atoms with Gasteiger partial charge in [0.15, 0.2) is 17.3 Å². The third-order valence-electron chi connectivity index (χ3n) is 3.21. The van der Waals surface area contributed by atoms with Gasteiger partial charge >= 0.3 is 0 Å². The van der Waals surface area contributed by atoms with Gasteiger partial charge in [-0.05, 0) is 51.1 Å². The van der Waals surface area contributed by atoms with Crippen LogP contribution < -0.4 is 14.8 Å². The fraction of sp³-hybridized carbons (Fsp3) is 0.533. The highest BCUT2D eigenvalue weighted by Gasteiger charge is 2.21. The van der Waals surface area contributed by atoms with Crippen molar-refractivity contribution in [2.45, 2.75) is 20.3 Å². The van der Waals surface area contributed by atoms with Gasteiger partial charge in [-0.3, -0.25) is 4.79 Å². The van der Waals surface area contributed by atoms with Gasteiger partial charge in [-0.2, -0.15) is 0 Å². The molecule has 4 nitrogen and oxygen atoms in total. The minimum Gasteiger partial charge on any atom is -0.490 e. The van der Waals surface area contributed by atoms with Crippen LogP contribution in [0.1, 0.15) is 30.6 Å². The normalized spacial score (nSPS) is 14.8. The first-order valence-corrected chi connectivity index (χ1v) is 6.88. The second kappa shape index (κ2) is 6.57. The van der Waals surface area contributed by atoms with Crippen LogP contribution in [-0.4, -0.2) is 32.1 Å². The van der Waals surface area contributed by atoms with Crippen LogP contribution in [0.5, 0.6) is 11.5 Å². The molecule has 0 radical (unpaired) electrons. The van der Waals surface area contributed by atoms with Gasteiger partial charge in [-0.25, -0.2) is 0 Å². The van der Waals surface area contributed by atoms with Gasteiger partial charge in [-0.1, -0.05) is 0 Å². The quantitative estimate of drug-likeness (QED) is 0.767. The highest BCUT2D eigenvalue weighted by molar-refractivity contribution is 5.96. The minimum atomic E-state index is 0.176. The number of ether oxygens (including phenoxy) is 2. The van der Waals surface area contributed by atoms with E-state index in [1.165, 1.54) is 0 Å². The summed E-state index contributed by atoms with van der Waals surface area (Å²) in [6.45, 7) is 6.89. The Labute approximate surface area is 114 Å². The van der Waals surface area contributed by atoms with Crippen molar-refractivity contribution in [2.24, 2.45) is 5.92 Å². The van der Waals surface area contributed by atoms with Crippen LogP contribution in [0.3, 0.4) is 0 Å². The van der Waals surface area contributed by atoms with Crippen molar-refractivity contribution in [3.63, 3.8) is 0 Å². The van der Waals surface area contributed by atoms with Crippen LogP contribution in [0.4, 0.5) is 0 Å². The molecule has 104 valence electrons. The molecule has 0 aromatic heterocycles. The maximum absolute atomic E-state index is 12.1. The fourth-order valence-corrected chi connectivity index (χ4v) is 2.10. The molecule has 0 spiro atoms. The molecule has 0 amide bonds. The zero-order valence-electron chi connectivity index (χ0n) is 11.6. The van der Waals surface area contributed by atoms with Crippen LogP contribution in [0.15, 0.2) is 18.2 Å². The highest BCUT2D eigenvalue weighted by Crippen LogP contribution is 2.29. The number of ketones is 1. The number of rotatable bonds is 7. The molecule has 0 atom stereocenters. The summed E-state index contributed by atoms with van der Waals surface area (Å²) in [6, 6.07) is 5.44. The number of carbonyl (C=O) groups is 1. The summed E-state index contributed by atoms with van der Waals surface area (Å²) in [4.78, 5) is 12.1. The van der Waals surface area contributed by atoms with E-state index in [4.69, 9.17) is 9.47 Å². The minimum absolute atomic E-state index is 0.176. The van der Waals surface area contributed by atoms with Crippen molar-refractivity contribution < 1.29 is 14.3 Å². The Morgan fingerprint density at radius 2 is 1.89 bits per heavy atom. The monoisotopic (exact) mass is 263 g/mol. The van der Waals surface area contributed by atoms with E-state index in [0.29, 0.717) is 42.6 Å². The van der Waals surface area contributed by atoms with Crippen molar-refractivity contribution in [1.29, 1.82) is 0 Å². The number of Topliss-reactive ketones (excluding diaryl/α,β-unsaturated/α-hetero) is 1. The number of hydrogen-bond donors (Lipinski definition) is 1. The molecule has 1 aliphatic rings. The summed E-state index contributed by atoms with van der Waals surface area (Å²) >= 11 is 0. The number of nitrogens with one attached hydrogen (secondary N) is 1. The van der Waals surface area contributed by atoms with Crippen LogP contribution in [0.2, 0.25) is 0 Å². The molecule has 19 heavy (non-hydrogen) atoms. The van der Waals surface area contributed by atoms with Crippen molar-refractivity contribution >= 4 is 5.78 Å². The maximum Gasteiger partial charge on any atom is 0.163 e. The van der Waals surface area contributed by atoms with Crippen molar-refractivity contribution in [2.75, 3.05) is 26.3 Å². The van der Waals surface area contributed by atoms with E-state index in [-0.39, 0.29) is 5.78 Å². The maximum atomic E-state index is 12.1. The first kappa shape index (κ1) is 13.9. The molecule has 1 saturated heterocycles. The van der Waals surface area contributed by atoms with Gasteiger partial charge in [0.25, 0.3) is 0 Å². The predicted octanol–water partition coefficient (Wildman–Crippen LogP) is 2.28. The first-order chi connectivity index (χ1) is 9.24. The second-order valence-electron chi connectivity index (χ2n) is 4.68. The smallest absolute Gasteiger partial charge is 0.163 e. The Balaban J connectivity index is 2.11. The summed E-state index contributed by atoms with van der Waals surface area (Å²) in [7, 11) is 0. The lowest BCUT2D eigenvalue weighted by molar-refractivity contribution is 0.0945. The summed E-state index contributed by atoms with van der Waals surface area (Å²) in [5, 5.41) is 3.18. The second-order valence-corrected chi connectivity index (χ2v) is 4.68. The first-order valence-electron chi connectivity index (χ1n) is 6.88. The molecule has 1 aromatic rings. The predicted molar refractivity (Wildman–Crippen MR) is 74.1 cm³/mol. The van der Waals surface area contributed by atoms with Crippen LogP contribution in [0, 0.1) is 5.92 Å². The number of carbonyl (C=O) groups excluding carboxylic acids is 1. The Morgan fingerprint density at radius 3 is 2.47 bits per heavy atom. The van der Waals surface area contributed by atoms with E-state index in [0.717, 1.165) is 13.1 Å². The SMILES string of the molecule is CCOc1ccc(C(=O)CC2CNC2)cc1OCC. The van der Waals surface area contributed by atoms with Gasteiger partial charge < -0.3 is 14.8 Å². The van der Waals surface area contributed by atoms with Crippen molar-refractivity contribution in [3.05, 3.63) is 23.8 Å². The molecule has 1 N–H and O–H groups in total. The average molecular weight is 263 g/mol. The summed E-state index contributed by atoms with van der Waals surface area (Å²) in [6.07, 6.45) is 0.604. The van der Waals surface area contributed by atoms with Crippen LogP contribution in [0.25, 0.3) is 0 Å². The molecule has 0 bridgehead atoms. The third-order valence-corrected chi connectivity index (χ3v) is 3.21. The molecular weight excluding hydrogens is 242 g/mol. The molecule has 4 heteroatoms. The van der Waals surface area contributed by atoms with E-state index in [2.05, 4.69) is 5.32 Å². The van der Waals surface area contributed by atoms with Crippen molar-refractivity contribution in [1.82, 2.24) is 5.32 Å². The van der Waals surface area contributed by atoms with Crippen molar-refractivity contribution in [3.8, 4) is 11.5 Å². The lowest BCUT2D eigenvalue weighted by atomic mass is 9.94. The summed E-state index contributed by atoms with van der Waals surface area (Å²) in [5.41, 5.74) is 0.707. The van der Waals surface area contributed by atoms with E-state index in [1.807, 2.05) is 26.0 Å². The summed E-state index contributed by atoms with van der Waals surface area (Å²) < 4.78 is 11.0. The molecule has 0 unspecified atom stereocenters. The van der Waals surface area contributed by atoms with Gasteiger partial charge in [0.2, 0.25) is 0 Å². The Hall–Kier alpha value is -1.55. The molecular formula is C15H21NO3. The Kier molecular flexibility index (Phi) is 4.80. The standard InChI is InChI=1S/C15H21NO3/c1-3-18-14-6-5-12(8-15(14)19-4-2)13(17)7-11-9-16-10-11/h5-6,8,11,16H,3-4,7,9-10H2,1-2H3. The lowest BCUT2D eigenvalue weighted by Gasteiger charge is -2.26. The third kappa shape index (κ3) is 3.47. The molecule has 2 rings (SSSR count). The van der Waals surface area contributed by atoms with Gasteiger partial charge in [0.1, 0.15) is 0 Å². The van der Waals surface area contributed by atoms with Crippen LogP contribution >= 0.6 is 0 Å². The lowest BCUT2D eigenvalue weighted by Crippen LogP contribution is -2.42. The molecule has 1 aromatic carbocycles. The zero-order chi connectivity index (χ0) is 13.7. The van der Waals surface area contributed by atoms with E-state index >= 15 is 0 Å². The Morgan fingerprint density at radius 1 is 1.21 bits per heavy atom. The number of benzene rings is 1. The van der Waals surface area contributed by atoms with Gasteiger partial charge in [-0.15, -0.1) is 0 Å². The van der Waals surface area contributed by atoms with E-state index in [1.54, 1.807) is 6.07 Å². The summed E-state index contributed by atoms with van der Waals surface area (Å²) in [5.74, 6) is 2.01.